The molecule has 0 radical (unpaired) electrons. The summed E-state index contributed by atoms with van der Waals surface area (Å²) in [6.07, 6.45) is 9.56. The maximum Gasteiger partial charge on any atom is 0.108 e. The molecule has 2 rings (SSSR count). The highest BCUT2D eigenvalue weighted by Crippen LogP contribution is 2.36. The van der Waals surface area contributed by atoms with Gasteiger partial charge in [-0.15, -0.1) is 0 Å². The van der Waals surface area contributed by atoms with E-state index in [1.165, 1.54) is 37.7 Å². The fourth-order valence-electron chi connectivity index (χ4n) is 2.44. The van der Waals surface area contributed by atoms with E-state index >= 15 is 0 Å². The molecule has 1 heterocycles. The van der Waals surface area contributed by atoms with Crippen molar-refractivity contribution in [1.82, 2.24) is 5.32 Å². The average molecular weight is 235 g/mol. The standard InChI is InChI=1S/C15H25NO/c1-3-10-16-14(8-7-12-5-6-12)13-9-11-17-15(13)4-2/h9,11-12,14,16H,3-8,10H2,1-2H3. The minimum Gasteiger partial charge on any atom is -0.469 e. The summed E-state index contributed by atoms with van der Waals surface area (Å²) in [5, 5.41) is 3.67. The topological polar surface area (TPSA) is 25.2 Å². The van der Waals surface area contributed by atoms with Crippen molar-refractivity contribution in [3.63, 3.8) is 0 Å². The molecule has 1 fully saturated rings. The number of nitrogens with one attached hydrogen (secondary N) is 1. The molecule has 0 bridgehead atoms. The molecule has 2 nitrogen and oxygen atoms in total. The fourth-order valence-corrected chi connectivity index (χ4v) is 2.44. The quantitative estimate of drug-likeness (QED) is 0.734. The van der Waals surface area contributed by atoms with Crippen molar-refractivity contribution in [3.8, 4) is 0 Å². The lowest BCUT2D eigenvalue weighted by Gasteiger charge is -2.18. The largest absolute Gasteiger partial charge is 0.469 e. The van der Waals surface area contributed by atoms with Gasteiger partial charge in [0.1, 0.15) is 5.76 Å². The van der Waals surface area contributed by atoms with E-state index in [-0.39, 0.29) is 0 Å². The van der Waals surface area contributed by atoms with E-state index in [4.69, 9.17) is 4.42 Å². The van der Waals surface area contributed by atoms with Crippen LogP contribution >= 0.6 is 0 Å². The van der Waals surface area contributed by atoms with Crippen LogP contribution in [0.1, 0.15) is 63.3 Å². The van der Waals surface area contributed by atoms with Gasteiger partial charge in [0.2, 0.25) is 0 Å². The van der Waals surface area contributed by atoms with Crippen molar-refractivity contribution in [1.29, 1.82) is 0 Å². The first kappa shape index (κ1) is 12.7. The monoisotopic (exact) mass is 235 g/mol. The summed E-state index contributed by atoms with van der Waals surface area (Å²) >= 11 is 0. The van der Waals surface area contributed by atoms with Gasteiger partial charge in [-0.05, 0) is 37.8 Å². The highest BCUT2D eigenvalue weighted by Gasteiger charge is 2.24. The molecular weight excluding hydrogens is 210 g/mol. The second-order valence-electron chi connectivity index (χ2n) is 5.18. The Morgan fingerprint density at radius 2 is 2.24 bits per heavy atom. The molecule has 1 N–H and O–H groups in total. The van der Waals surface area contributed by atoms with E-state index in [2.05, 4.69) is 25.2 Å². The maximum absolute atomic E-state index is 5.56. The summed E-state index contributed by atoms with van der Waals surface area (Å²) in [5.74, 6) is 2.17. The highest BCUT2D eigenvalue weighted by atomic mass is 16.3. The normalized spacial score (nSPS) is 17.3. The summed E-state index contributed by atoms with van der Waals surface area (Å²) < 4.78 is 5.56. The molecule has 1 aliphatic rings. The lowest BCUT2D eigenvalue weighted by Crippen LogP contribution is -2.22. The maximum atomic E-state index is 5.56. The molecule has 2 heteroatoms. The molecule has 1 aromatic heterocycles. The van der Waals surface area contributed by atoms with Crippen molar-refractivity contribution >= 4 is 0 Å². The molecule has 1 aliphatic carbocycles. The van der Waals surface area contributed by atoms with Crippen molar-refractivity contribution < 1.29 is 4.42 Å². The van der Waals surface area contributed by atoms with Crippen LogP contribution in [-0.2, 0) is 6.42 Å². The van der Waals surface area contributed by atoms with Crippen LogP contribution in [0.5, 0.6) is 0 Å². The Morgan fingerprint density at radius 1 is 1.41 bits per heavy atom. The van der Waals surface area contributed by atoms with Crippen LogP contribution in [0.2, 0.25) is 0 Å². The van der Waals surface area contributed by atoms with E-state index in [0.29, 0.717) is 6.04 Å². The summed E-state index contributed by atoms with van der Waals surface area (Å²) in [6, 6.07) is 2.66. The van der Waals surface area contributed by atoms with Crippen molar-refractivity contribution in [3.05, 3.63) is 23.7 Å². The van der Waals surface area contributed by atoms with Gasteiger partial charge in [-0.2, -0.15) is 0 Å². The van der Waals surface area contributed by atoms with Gasteiger partial charge < -0.3 is 9.73 Å². The highest BCUT2D eigenvalue weighted by molar-refractivity contribution is 5.21. The van der Waals surface area contributed by atoms with Gasteiger partial charge >= 0.3 is 0 Å². The van der Waals surface area contributed by atoms with Crippen LogP contribution in [0.15, 0.2) is 16.7 Å². The second-order valence-corrected chi connectivity index (χ2v) is 5.18. The molecule has 0 spiro atoms. The third kappa shape index (κ3) is 3.60. The van der Waals surface area contributed by atoms with Crippen LogP contribution in [0, 0.1) is 5.92 Å². The molecule has 1 unspecified atom stereocenters. The Kier molecular flexibility index (Phi) is 4.66. The minimum absolute atomic E-state index is 0.504. The first-order valence-electron chi connectivity index (χ1n) is 7.14. The predicted molar refractivity (Wildman–Crippen MR) is 71.1 cm³/mol. The third-order valence-electron chi connectivity index (χ3n) is 3.68. The predicted octanol–water partition coefficient (Wildman–Crippen LogP) is 4.07. The molecule has 17 heavy (non-hydrogen) atoms. The lowest BCUT2D eigenvalue weighted by atomic mass is 10.00. The zero-order chi connectivity index (χ0) is 12.1. The Labute approximate surface area is 105 Å². The van der Waals surface area contributed by atoms with Gasteiger partial charge in [0.05, 0.1) is 6.26 Å². The third-order valence-corrected chi connectivity index (χ3v) is 3.68. The summed E-state index contributed by atoms with van der Waals surface area (Å²) in [7, 11) is 0. The Bertz CT molecular complexity index is 327. The van der Waals surface area contributed by atoms with Gasteiger partial charge in [-0.25, -0.2) is 0 Å². The summed E-state index contributed by atoms with van der Waals surface area (Å²) in [5.41, 5.74) is 1.39. The minimum atomic E-state index is 0.504. The second kappa shape index (κ2) is 6.25. The van der Waals surface area contributed by atoms with Crippen molar-refractivity contribution in [2.75, 3.05) is 6.54 Å². The number of aryl methyl sites for hydroxylation is 1. The molecule has 0 saturated heterocycles. The lowest BCUT2D eigenvalue weighted by molar-refractivity contribution is 0.449. The number of hydrogen-bond acceptors (Lipinski definition) is 2. The van der Waals surface area contributed by atoms with Crippen LogP contribution in [0.25, 0.3) is 0 Å². The summed E-state index contributed by atoms with van der Waals surface area (Å²) in [6.45, 7) is 5.49. The molecule has 0 amide bonds. The van der Waals surface area contributed by atoms with Gasteiger partial charge in [-0.1, -0.05) is 26.7 Å². The molecule has 1 aromatic rings. The molecule has 0 aromatic carbocycles. The Hall–Kier alpha value is -0.760. The van der Waals surface area contributed by atoms with E-state index in [9.17, 15) is 0 Å². The van der Waals surface area contributed by atoms with Gasteiger partial charge in [0.25, 0.3) is 0 Å². The number of rotatable bonds is 8. The van der Waals surface area contributed by atoms with E-state index in [1.807, 2.05) is 6.26 Å². The Morgan fingerprint density at radius 3 is 2.88 bits per heavy atom. The van der Waals surface area contributed by atoms with Crippen LogP contribution in [-0.4, -0.2) is 6.54 Å². The van der Waals surface area contributed by atoms with Crippen molar-refractivity contribution in [2.24, 2.45) is 5.92 Å². The van der Waals surface area contributed by atoms with Gasteiger partial charge in [0.15, 0.2) is 0 Å². The van der Waals surface area contributed by atoms with E-state index in [0.717, 1.165) is 24.6 Å². The average Bonchev–Trinajstić information content (AvgIpc) is 3.05. The fraction of sp³-hybridized carbons (Fsp3) is 0.733. The number of furan rings is 1. The molecular formula is C15H25NO. The molecule has 1 atom stereocenters. The zero-order valence-corrected chi connectivity index (χ0v) is 11.2. The van der Waals surface area contributed by atoms with Gasteiger partial charge in [-0.3, -0.25) is 0 Å². The van der Waals surface area contributed by atoms with Crippen LogP contribution < -0.4 is 5.32 Å². The smallest absolute Gasteiger partial charge is 0.108 e. The van der Waals surface area contributed by atoms with Gasteiger partial charge in [0, 0.05) is 18.0 Å². The summed E-state index contributed by atoms with van der Waals surface area (Å²) in [4.78, 5) is 0. The van der Waals surface area contributed by atoms with Crippen LogP contribution in [0.3, 0.4) is 0 Å². The molecule has 96 valence electrons. The zero-order valence-electron chi connectivity index (χ0n) is 11.2. The van der Waals surface area contributed by atoms with Crippen LogP contribution in [0.4, 0.5) is 0 Å². The van der Waals surface area contributed by atoms with Crippen molar-refractivity contribution in [2.45, 2.75) is 58.4 Å². The van der Waals surface area contributed by atoms with E-state index in [1.54, 1.807) is 0 Å². The number of hydrogen-bond donors (Lipinski definition) is 1. The first-order valence-corrected chi connectivity index (χ1v) is 7.14. The first-order chi connectivity index (χ1) is 8.35. The Balaban J connectivity index is 1.96. The molecule has 1 saturated carbocycles. The van der Waals surface area contributed by atoms with E-state index < -0.39 is 0 Å². The molecule has 0 aliphatic heterocycles. The SMILES string of the molecule is CCCNC(CCC1CC1)c1ccoc1CC.